The molecule has 0 bridgehead atoms. The lowest BCUT2D eigenvalue weighted by Gasteiger charge is -2.37. The molecular formula is C22H31N5O3. The minimum atomic E-state index is -0.694. The van der Waals surface area contributed by atoms with Gasteiger partial charge in [0.05, 0.1) is 18.0 Å². The van der Waals surface area contributed by atoms with E-state index in [0.717, 1.165) is 19.4 Å². The molecule has 2 aliphatic heterocycles. The summed E-state index contributed by atoms with van der Waals surface area (Å²) in [5, 5.41) is 7.89. The molecule has 162 valence electrons. The van der Waals surface area contributed by atoms with Crippen molar-refractivity contribution in [2.75, 3.05) is 13.1 Å². The molecule has 4 rings (SSSR count). The Bertz CT molecular complexity index is 793. The zero-order valence-electron chi connectivity index (χ0n) is 17.8. The van der Waals surface area contributed by atoms with E-state index in [1.807, 2.05) is 37.1 Å². The van der Waals surface area contributed by atoms with Crippen molar-refractivity contribution >= 4 is 17.7 Å². The summed E-state index contributed by atoms with van der Waals surface area (Å²) in [5.41, 5.74) is 0. The van der Waals surface area contributed by atoms with Crippen LogP contribution in [0.2, 0.25) is 0 Å². The molecule has 3 aliphatic rings. The number of hydrogen-bond donors (Lipinski definition) is 0. The van der Waals surface area contributed by atoms with Gasteiger partial charge in [-0.2, -0.15) is 0 Å². The average molecular weight is 414 g/mol. The third kappa shape index (κ3) is 4.04. The number of nitrogens with zero attached hydrogens (tertiary/aromatic N) is 5. The van der Waals surface area contributed by atoms with Crippen LogP contribution in [0.3, 0.4) is 0 Å². The zero-order chi connectivity index (χ0) is 21.3. The first kappa shape index (κ1) is 20.8. The molecule has 0 unspecified atom stereocenters. The van der Waals surface area contributed by atoms with Crippen LogP contribution in [-0.4, -0.2) is 61.6 Å². The molecule has 8 heteroatoms. The quantitative estimate of drug-likeness (QED) is 0.525. The van der Waals surface area contributed by atoms with Crippen LogP contribution in [0.15, 0.2) is 24.5 Å². The van der Waals surface area contributed by atoms with Gasteiger partial charge in [-0.05, 0) is 43.9 Å². The molecule has 1 aliphatic carbocycles. The lowest BCUT2D eigenvalue weighted by Crippen LogP contribution is -2.54. The molecule has 1 aromatic rings. The third-order valence-electron chi connectivity index (χ3n) is 6.58. The Balaban J connectivity index is 1.51. The highest BCUT2D eigenvalue weighted by molar-refractivity contribution is 6.08. The maximum Gasteiger partial charge on any atom is 0.245 e. The number of allylic oxidation sites excluding steroid dienone is 2. The van der Waals surface area contributed by atoms with E-state index in [4.69, 9.17) is 0 Å². The van der Waals surface area contributed by atoms with E-state index in [-0.39, 0.29) is 35.5 Å². The number of amides is 3. The molecule has 30 heavy (non-hydrogen) atoms. The fraction of sp³-hybridized carbons (Fsp3) is 0.682. The molecule has 3 amide bonds. The van der Waals surface area contributed by atoms with E-state index < -0.39 is 6.04 Å². The van der Waals surface area contributed by atoms with Crippen molar-refractivity contribution in [1.82, 2.24) is 24.8 Å². The fourth-order valence-electron chi connectivity index (χ4n) is 5.12. The summed E-state index contributed by atoms with van der Waals surface area (Å²) in [6, 6.07) is -0.694. The van der Waals surface area contributed by atoms with Crippen molar-refractivity contribution in [3.05, 3.63) is 24.5 Å². The fourth-order valence-corrected chi connectivity index (χ4v) is 5.12. The Morgan fingerprint density at radius 3 is 2.47 bits per heavy atom. The van der Waals surface area contributed by atoms with Gasteiger partial charge in [-0.3, -0.25) is 24.0 Å². The van der Waals surface area contributed by atoms with E-state index in [9.17, 15) is 14.4 Å². The largest absolute Gasteiger partial charge is 0.341 e. The molecule has 0 radical (unpaired) electrons. The number of imide groups is 1. The average Bonchev–Trinajstić information content (AvgIpc) is 3.33. The van der Waals surface area contributed by atoms with Crippen molar-refractivity contribution in [3.8, 4) is 0 Å². The van der Waals surface area contributed by atoms with Gasteiger partial charge in [-0.1, -0.05) is 31.2 Å². The van der Waals surface area contributed by atoms with Crippen LogP contribution in [0.4, 0.5) is 0 Å². The number of rotatable bonds is 6. The highest BCUT2D eigenvalue weighted by Crippen LogP contribution is 2.37. The van der Waals surface area contributed by atoms with Gasteiger partial charge in [-0.25, -0.2) is 0 Å². The van der Waals surface area contributed by atoms with Crippen LogP contribution in [0.25, 0.3) is 0 Å². The number of aromatic nitrogens is 3. The minimum absolute atomic E-state index is 0.0831. The number of piperidine rings is 1. The summed E-state index contributed by atoms with van der Waals surface area (Å²) >= 11 is 0. The van der Waals surface area contributed by atoms with Crippen LogP contribution in [0.5, 0.6) is 0 Å². The molecular weight excluding hydrogens is 382 g/mol. The van der Waals surface area contributed by atoms with Crippen LogP contribution < -0.4 is 0 Å². The van der Waals surface area contributed by atoms with Crippen LogP contribution in [-0.2, 0) is 20.9 Å². The molecule has 1 aromatic heterocycles. The highest BCUT2D eigenvalue weighted by Gasteiger charge is 2.51. The topological polar surface area (TPSA) is 88.4 Å². The molecule has 0 saturated carbocycles. The van der Waals surface area contributed by atoms with E-state index in [2.05, 4.69) is 10.3 Å². The second-order valence-electron chi connectivity index (χ2n) is 9.27. The van der Waals surface area contributed by atoms with Crippen LogP contribution in [0.1, 0.15) is 46.0 Å². The Hall–Kier alpha value is -2.51. The van der Waals surface area contributed by atoms with Crippen molar-refractivity contribution < 1.29 is 14.4 Å². The highest BCUT2D eigenvalue weighted by atomic mass is 16.2. The molecule has 3 heterocycles. The smallest absolute Gasteiger partial charge is 0.245 e. The van der Waals surface area contributed by atoms with Crippen molar-refractivity contribution in [3.63, 3.8) is 0 Å². The summed E-state index contributed by atoms with van der Waals surface area (Å²) in [4.78, 5) is 43.0. The van der Waals surface area contributed by atoms with Crippen LogP contribution in [0, 0.1) is 23.7 Å². The molecule has 8 nitrogen and oxygen atoms in total. The van der Waals surface area contributed by atoms with Gasteiger partial charge in [0.15, 0.2) is 0 Å². The molecule has 2 fully saturated rings. The predicted octanol–water partition coefficient (Wildman–Crippen LogP) is 1.88. The first-order valence-corrected chi connectivity index (χ1v) is 11.1. The van der Waals surface area contributed by atoms with E-state index in [0.29, 0.717) is 38.3 Å². The Morgan fingerprint density at radius 1 is 1.17 bits per heavy atom. The molecule has 0 spiro atoms. The summed E-state index contributed by atoms with van der Waals surface area (Å²) in [7, 11) is 0. The number of hydrogen-bond acceptors (Lipinski definition) is 5. The maximum atomic E-state index is 13.6. The summed E-state index contributed by atoms with van der Waals surface area (Å²) < 4.78 is 1.80. The standard InChI is InChI=1S/C22H31N5O3/c1-15(2)12-19(27-20(28)17-7-3-4-8-18(17)21(27)29)22(30)25-10-5-6-16(13-25)14-26-11-9-23-24-26/h3-4,9,11,15-19H,5-8,10,12-14H2,1-2H3/t16-,17-,18+,19-/m1/s1. The lowest BCUT2D eigenvalue weighted by atomic mass is 9.85. The first-order chi connectivity index (χ1) is 14.5. The zero-order valence-corrected chi connectivity index (χ0v) is 17.8. The Morgan fingerprint density at radius 2 is 1.87 bits per heavy atom. The number of carbonyl (C=O) groups excluding carboxylic acids is 3. The SMILES string of the molecule is CC(C)C[C@H](C(=O)N1CCC[C@@H](Cn2ccnn2)C1)N1C(=O)[C@H]2CC=CC[C@H]2C1=O. The molecule has 0 N–H and O–H groups in total. The molecule has 4 atom stereocenters. The third-order valence-corrected chi connectivity index (χ3v) is 6.58. The normalized spacial score (nSPS) is 27.6. The number of fused-ring (bicyclic) bond motifs is 1. The van der Waals surface area contributed by atoms with Gasteiger partial charge in [0, 0.05) is 25.8 Å². The van der Waals surface area contributed by atoms with Crippen molar-refractivity contribution in [2.24, 2.45) is 23.7 Å². The van der Waals surface area contributed by atoms with Gasteiger partial charge in [0.2, 0.25) is 17.7 Å². The van der Waals surface area contributed by atoms with Gasteiger partial charge >= 0.3 is 0 Å². The summed E-state index contributed by atoms with van der Waals surface area (Å²) in [6.45, 7) is 6.08. The van der Waals surface area contributed by atoms with Crippen LogP contribution >= 0.6 is 0 Å². The number of carbonyl (C=O) groups is 3. The second kappa shape index (κ2) is 8.70. The molecule has 0 aromatic carbocycles. The van der Waals surface area contributed by atoms with E-state index in [1.54, 1.807) is 10.9 Å². The summed E-state index contributed by atoms with van der Waals surface area (Å²) in [6.07, 6.45) is 11.1. The van der Waals surface area contributed by atoms with Crippen molar-refractivity contribution in [1.29, 1.82) is 0 Å². The van der Waals surface area contributed by atoms with Crippen molar-refractivity contribution in [2.45, 2.75) is 58.5 Å². The Labute approximate surface area is 177 Å². The van der Waals surface area contributed by atoms with E-state index >= 15 is 0 Å². The maximum absolute atomic E-state index is 13.6. The number of likely N-dealkylation sites (tertiary alicyclic amines) is 2. The predicted molar refractivity (Wildman–Crippen MR) is 110 cm³/mol. The van der Waals surface area contributed by atoms with Gasteiger partial charge in [0.25, 0.3) is 0 Å². The van der Waals surface area contributed by atoms with Gasteiger partial charge < -0.3 is 4.90 Å². The molecule has 2 saturated heterocycles. The van der Waals surface area contributed by atoms with Gasteiger partial charge in [-0.15, -0.1) is 5.10 Å². The summed E-state index contributed by atoms with van der Waals surface area (Å²) in [5.74, 6) is -0.510. The second-order valence-corrected chi connectivity index (χ2v) is 9.27. The minimum Gasteiger partial charge on any atom is -0.341 e. The van der Waals surface area contributed by atoms with E-state index in [1.165, 1.54) is 4.90 Å². The lowest BCUT2D eigenvalue weighted by molar-refractivity contribution is -0.153. The Kier molecular flexibility index (Phi) is 6.01. The van der Waals surface area contributed by atoms with Gasteiger partial charge in [0.1, 0.15) is 6.04 Å². The first-order valence-electron chi connectivity index (χ1n) is 11.1. The monoisotopic (exact) mass is 413 g/mol.